The van der Waals surface area contributed by atoms with Crippen LogP contribution in [0.5, 0.6) is 0 Å². The second-order valence-corrected chi connectivity index (χ2v) is 6.52. The molecular formula is C12H10FN7O4S. The van der Waals surface area contributed by atoms with Gasteiger partial charge >= 0.3 is 5.69 Å². The van der Waals surface area contributed by atoms with Gasteiger partial charge in [0.25, 0.3) is 5.91 Å². The fourth-order valence-electron chi connectivity index (χ4n) is 2.03. The third-order valence-corrected chi connectivity index (χ3v) is 4.06. The molecule has 0 fully saturated rings. The number of hydrogen-bond donors (Lipinski definition) is 2. The maximum Gasteiger partial charge on any atom is 0.352 e. The molecule has 3 aromatic rings. The lowest BCUT2D eigenvalue weighted by Crippen LogP contribution is -2.27. The Bertz CT molecular complexity index is 1170. The van der Waals surface area contributed by atoms with Crippen molar-refractivity contribution < 1.29 is 17.6 Å². The van der Waals surface area contributed by atoms with Crippen molar-refractivity contribution in [2.24, 2.45) is 12.2 Å². The van der Waals surface area contributed by atoms with Crippen LogP contribution in [-0.2, 0) is 17.1 Å². The van der Waals surface area contributed by atoms with Gasteiger partial charge in [-0.1, -0.05) is 5.21 Å². The van der Waals surface area contributed by atoms with Crippen molar-refractivity contribution >= 4 is 27.3 Å². The van der Waals surface area contributed by atoms with Gasteiger partial charge in [0.05, 0.1) is 4.90 Å². The largest absolute Gasteiger partial charge is 0.352 e. The standard InChI is InChI=1S/C12H10FN7O4S/c1-19-12(22)20-5-15-9(10(20)17-18-19)11(21)16-7-2-6(13)3-8(4-7)25(14,23)24/h2-5H,1H3,(H,16,21)(H2,14,23,24). The van der Waals surface area contributed by atoms with Gasteiger partial charge in [-0.25, -0.2) is 32.1 Å². The fraction of sp³-hybridized carbons (Fsp3) is 0.0833. The zero-order chi connectivity index (χ0) is 18.4. The minimum atomic E-state index is -4.16. The summed E-state index contributed by atoms with van der Waals surface area (Å²) in [5, 5.41) is 14.5. The van der Waals surface area contributed by atoms with E-state index in [0.717, 1.165) is 27.5 Å². The molecule has 13 heteroatoms. The predicted octanol–water partition coefficient (Wildman–Crippen LogP) is -1.14. The molecule has 1 amide bonds. The Morgan fingerprint density at radius 3 is 2.72 bits per heavy atom. The van der Waals surface area contributed by atoms with Crippen LogP contribution in [0.3, 0.4) is 0 Å². The van der Waals surface area contributed by atoms with Gasteiger partial charge < -0.3 is 5.32 Å². The topological polar surface area (TPSA) is 154 Å². The zero-order valence-electron chi connectivity index (χ0n) is 12.5. The maximum atomic E-state index is 13.5. The number of carbonyl (C=O) groups excluding carboxylic acids is 1. The van der Waals surface area contributed by atoms with Gasteiger partial charge in [-0.2, -0.15) is 4.68 Å². The smallest absolute Gasteiger partial charge is 0.320 e. The lowest BCUT2D eigenvalue weighted by atomic mass is 10.3. The highest BCUT2D eigenvalue weighted by molar-refractivity contribution is 7.89. The average molecular weight is 367 g/mol. The van der Waals surface area contributed by atoms with Crippen LogP contribution < -0.4 is 16.1 Å². The molecule has 0 saturated heterocycles. The first-order valence-electron chi connectivity index (χ1n) is 6.58. The first-order chi connectivity index (χ1) is 11.7. The van der Waals surface area contributed by atoms with Gasteiger partial charge in [0, 0.05) is 12.7 Å². The van der Waals surface area contributed by atoms with E-state index in [1.165, 1.54) is 7.05 Å². The van der Waals surface area contributed by atoms with Crippen molar-refractivity contribution in [1.82, 2.24) is 24.4 Å². The highest BCUT2D eigenvalue weighted by Gasteiger charge is 2.19. The molecule has 0 radical (unpaired) electrons. The van der Waals surface area contributed by atoms with E-state index in [1.54, 1.807) is 0 Å². The van der Waals surface area contributed by atoms with Crippen molar-refractivity contribution in [2.75, 3.05) is 5.32 Å². The van der Waals surface area contributed by atoms with E-state index in [0.29, 0.717) is 6.07 Å². The molecule has 0 saturated carbocycles. The molecule has 0 aliphatic carbocycles. The molecule has 0 spiro atoms. The van der Waals surface area contributed by atoms with Crippen LogP contribution in [0.2, 0.25) is 0 Å². The number of anilines is 1. The molecular weight excluding hydrogens is 357 g/mol. The molecule has 25 heavy (non-hydrogen) atoms. The molecule has 0 atom stereocenters. The summed E-state index contributed by atoms with van der Waals surface area (Å²) < 4.78 is 38.1. The van der Waals surface area contributed by atoms with Crippen LogP contribution >= 0.6 is 0 Å². The Hall–Kier alpha value is -3.19. The molecule has 2 heterocycles. The molecule has 0 unspecified atom stereocenters. The molecule has 0 bridgehead atoms. The van der Waals surface area contributed by atoms with Crippen LogP contribution in [0, 0.1) is 5.82 Å². The SMILES string of the molecule is Cn1nnc2c(C(=O)Nc3cc(F)cc(S(N)(=O)=O)c3)ncn2c1=O. The van der Waals surface area contributed by atoms with Crippen LogP contribution in [0.4, 0.5) is 10.1 Å². The van der Waals surface area contributed by atoms with Crippen LogP contribution in [-0.4, -0.2) is 38.7 Å². The lowest BCUT2D eigenvalue weighted by Gasteiger charge is -2.06. The first kappa shape index (κ1) is 16.7. The lowest BCUT2D eigenvalue weighted by molar-refractivity contribution is 0.102. The summed E-state index contributed by atoms with van der Waals surface area (Å²) in [4.78, 5) is 27.4. The summed E-state index contributed by atoms with van der Waals surface area (Å²) in [5.41, 5.74) is -1.08. The van der Waals surface area contributed by atoms with Crippen molar-refractivity contribution in [1.29, 1.82) is 0 Å². The summed E-state index contributed by atoms with van der Waals surface area (Å²) in [5.74, 6) is -1.75. The maximum absolute atomic E-state index is 13.5. The van der Waals surface area contributed by atoms with Gasteiger partial charge in [0.2, 0.25) is 10.0 Å². The molecule has 3 rings (SSSR count). The van der Waals surface area contributed by atoms with Crippen molar-refractivity contribution in [3.05, 3.63) is 46.5 Å². The highest BCUT2D eigenvalue weighted by atomic mass is 32.2. The number of imidazole rings is 1. The number of aryl methyl sites for hydroxylation is 1. The van der Waals surface area contributed by atoms with Gasteiger partial charge in [-0.05, 0) is 18.2 Å². The summed E-state index contributed by atoms with van der Waals surface area (Å²) in [6, 6.07) is 2.60. The van der Waals surface area contributed by atoms with E-state index in [9.17, 15) is 22.4 Å². The van der Waals surface area contributed by atoms with Crippen LogP contribution in [0.25, 0.3) is 5.65 Å². The molecule has 3 N–H and O–H groups in total. The average Bonchev–Trinajstić information content (AvgIpc) is 2.94. The van der Waals surface area contributed by atoms with Crippen molar-refractivity contribution in [2.45, 2.75) is 4.90 Å². The number of halogens is 1. The number of nitrogens with two attached hydrogens (primary N) is 1. The normalized spacial score (nSPS) is 11.6. The summed E-state index contributed by atoms with van der Waals surface area (Å²) >= 11 is 0. The molecule has 11 nitrogen and oxygen atoms in total. The summed E-state index contributed by atoms with van der Waals surface area (Å²) in [6.45, 7) is 0. The first-order valence-corrected chi connectivity index (χ1v) is 8.13. The minimum absolute atomic E-state index is 0.108. The van der Waals surface area contributed by atoms with Gasteiger partial charge in [0.1, 0.15) is 12.1 Å². The molecule has 0 aliphatic heterocycles. The number of benzene rings is 1. The van der Waals surface area contributed by atoms with Gasteiger partial charge in [0.15, 0.2) is 11.3 Å². The Morgan fingerprint density at radius 1 is 1.32 bits per heavy atom. The molecule has 0 aliphatic rings. The number of aromatic nitrogens is 5. The Balaban J connectivity index is 2.00. The predicted molar refractivity (Wildman–Crippen MR) is 81.7 cm³/mol. The fourth-order valence-corrected chi connectivity index (χ4v) is 2.60. The van der Waals surface area contributed by atoms with E-state index in [1.807, 2.05) is 0 Å². The number of primary sulfonamides is 1. The number of hydrogen-bond acceptors (Lipinski definition) is 7. The quantitative estimate of drug-likeness (QED) is 0.593. The summed E-state index contributed by atoms with van der Waals surface area (Å²) in [6.07, 6.45) is 1.09. The Morgan fingerprint density at radius 2 is 2.04 bits per heavy atom. The number of carbonyl (C=O) groups is 1. The van der Waals surface area contributed by atoms with E-state index in [2.05, 4.69) is 20.6 Å². The number of sulfonamides is 1. The van der Waals surface area contributed by atoms with Crippen molar-refractivity contribution in [3.63, 3.8) is 0 Å². The number of nitrogens with zero attached hydrogens (tertiary/aromatic N) is 5. The van der Waals surface area contributed by atoms with Gasteiger partial charge in [-0.3, -0.25) is 4.79 Å². The molecule has 1 aromatic carbocycles. The number of rotatable bonds is 3. The molecule has 130 valence electrons. The Kier molecular flexibility index (Phi) is 3.81. The third kappa shape index (κ3) is 3.09. The van der Waals surface area contributed by atoms with Crippen molar-refractivity contribution in [3.8, 4) is 0 Å². The summed E-state index contributed by atoms with van der Waals surface area (Å²) in [7, 11) is -2.79. The second-order valence-electron chi connectivity index (χ2n) is 4.96. The van der Waals surface area contributed by atoms with E-state index in [-0.39, 0.29) is 17.0 Å². The van der Waals surface area contributed by atoms with Crippen LogP contribution in [0.15, 0.2) is 34.2 Å². The Labute approximate surface area is 139 Å². The second kappa shape index (κ2) is 5.71. The third-order valence-electron chi connectivity index (χ3n) is 3.17. The number of nitrogens with one attached hydrogen (secondary N) is 1. The van der Waals surface area contributed by atoms with Crippen LogP contribution in [0.1, 0.15) is 10.5 Å². The van der Waals surface area contributed by atoms with E-state index in [4.69, 9.17) is 5.14 Å². The van der Waals surface area contributed by atoms with E-state index >= 15 is 0 Å². The van der Waals surface area contributed by atoms with E-state index < -0.39 is 32.3 Å². The highest BCUT2D eigenvalue weighted by Crippen LogP contribution is 2.18. The molecule has 2 aromatic heterocycles. The number of amides is 1. The zero-order valence-corrected chi connectivity index (χ0v) is 13.4. The minimum Gasteiger partial charge on any atom is -0.320 e. The van der Waals surface area contributed by atoms with Gasteiger partial charge in [-0.15, -0.1) is 5.10 Å². The number of fused-ring (bicyclic) bond motifs is 1. The monoisotopic (exact) mass is 367 g/mol.